The van der Waals surface area contributed by atoms with Crippen LogP contribution in [0, 0.1) is 0 Å². The van der Waals surface area contributed by atoms with E-state index in [1.807, 2.05) is 14.0 Å². The zero-order valence-corrected chi connectivity index (χ0v) is 11.1. The fourth-order valence-corrected chi connectivity index (χ4v) is 2.36. The van der Waals surface area contributed by atoms with Gasteiger partial charge in [-0.15, -0.1) is 0 Å². The lowest BCUT2D eigenvalue weighted by atomic mass is 9.91. The Labute approximate surface area is 106 Å². The normalized spacial score (nSPS) is 24.5. The maximum absolute atomic E-state index is 12.2. The number of halogens is 3. The molecule has 3 nitrogen and oxygen atoms in total. The first-order chi connectivity index (χ1) is 8.28. The van der Waals surface area contributed by atoms with Gasteiger partial charge in [-0.2, -0.15) is 13.2 Å². The summed E-state index contributed by atoms with van der Waals surface area (Å²) in [7, 11) is 1.93. The van der Waals surface area contributed by atoms with Crippen molar-refractivity contribution >= 4 is 0 Å². The van der Waals surface area contributed by atoms with Gasteiger partial charge in [0.25, 0.3) is 0 Å². The summed E-state index contributed by atoms with van der Waals surface area (Å²) in [6, 6.07) is 0.268. The van der Waals surface area contributed by atoms with Crippen LogP contribution in [-0.2, 0) is 4.74 Å². The maximum atomic E-state index is 12.2. The van der Waals surface area contributed by atoms with E-state index in [1.165, 1.54) is 0 Å². The fraction of sp³-hybridized carbons (Fsp3) is 1.00. The van der Waals surface area contributed by atoms with Crippen LogP contribution in [0.15, 0.2) is 0 Å². The molecule has 0 saturated carbocycles. The van der Waals surface area contributed by atoms with Crippen molar-refractivity contribution in [2.24, 2.45) is 5.73 Å². The van der Waals surface area contributed by atoms with Gasteiger partial charge in [0.2, 0.25) is 0 Å². The molecule has 1 fully saturated rings. The number of hydrogen-bond acceptors (Lipinski definition) is 3. The molecule has 0 aromatic carbocycles. The molecule has 108 valence electrons. The van der Waals surface area contributed by atoms with Crippen LogP contribution in [0.4, 0.5) is 13.2 Å². The van der Waals surface area contributed by atoms with E-state index in [2.05, 4.69) is 4.90 Å². The molecule has 1 aliphatic rings. The lowest BCUT2D eigenvalue weighted by Crippen LogP contribution is -2.54. The summed E-state index contributed by atoms with van der Waals surface area (Å²) in [5.74, 6) is 0. The highest BCUT2D eigenvalue weighted by molar-refractivity contribution is 4.90. The zero-order chi connectivity index (χ0) is 13.8. The Morgan fingerprint density at radius 1 is 1.33 bits per heavy atom. The van der Waals surface area contributed by atoms with E-state index in [9.17, 15) is 13.2 Å². The van der Waals surface area contributed by atoms with Crippen molar-refractivity contribution in [2.75, 3.05) is 26.8 Å². The second-order valence-electron chi connectivity index (χ2n) is 5.30. The van der Waals surface area contributed by atoms with Crippen molar-refractivity contribution in [3.63, 3.8) is 0 Å². The van der Waals surface area contributed by atoms with Gasteiger partial charge in [-0.3, -0.25) is 4.90 Å². The minimum atomic E-state index is -4.08. The summed E-state index contributed by atoms with van der Waals surface area (Å²) in [4.78, 5) is 2.09. The quantitative estimate of drug-likeness (QED) is 0.802. The van der Waals surface area contributed by atoms with Crippen LogP contribution in [0.2, 0.25) is 0 Å². The van der Waals surface area contributed by atoms with Crippen molar-refractivity contribution < 1.29 is 17.9 Å². The number of nitrogens with zero attached hydrogens (tertiary/aromatic N) is 1. The fourth-order valence-electron chi connectivity index (χ4n) is 2.36. The number of alkyl halides is 3. The second-order valence-corrected chi connectivity index (χ2v) is 5.30. The summed E-state index contributed by atoms with van der Waals surface area (Å²) < 4.78 is 41.8. The van der Waals surface area contributed by atoms with Gasteiger partial charge in [-0.05, 0) is 33.2 Å². The molecular weight excluding hydrogens is 245 g/mol. The summed E-state index contributed by atoms with van der Waals surface area (Å²) in [6.45, 7) is 3.66. The third-order valence-electron chi connectivity index (χ3n) is 3.92. The molecule has 0 aromatic heterocycles. The summed E-state index contributed by atoms with van der Waals surface area (Å²) >= 11 is 0. The Kier molecular flexibility index (Phi) is 5.43. The average molecular weight is 268 g/mol. The van der Waals surface area contributed by atoms with Gasteiger partial charge in [-0.1, -0.05) is 0 Å². The van der Waals surface area contributed by atoms with E-state index in [0.29, 0.717) is 19.6 Å². The molecule has 0 aliphatic carbocycles. The Morgan fingerprint density at radius 3 is 2.44 bits per heavy atom. The van der Waals surface area contributed by atoms with E-state index in [1.54, 1.807) is 0 Å². The first-order valence-corrected chi connectivity index (χ1v) is 6.36. The van der Waals surface area contributed by atoms with Crippen molar-refractivity contribution in [1.29, 1.82) is 0 Å². The molecule has 0 radical (unpaired) electrons. The molecule has 18 heavy (non-hydrogen) atoms. The SMILES string of the molecule is CN(C1CCOC1)C(C)(CN)CCCC(F)(F)F. The summed E-state index contributed by atoms with van der Waals surface area (Å²) in [5.41, 5.74) is 5.38. The largest absolute Gasteiger partial charge is 0.389 e. The van der Waals surface area contributed by atoms with Gasteiger partial charge < -0.3 is 10.5 Å². The van der Waals surface area contributed by atoms with Gasteiger partial charge in [0.1, 0.15) is 0 Å². The smallest absolute Gasteiger partial charge is 0.380 e. The molecule has 2 unspecified atom stereocenters. The predicted octanol–water partition coefficient (Wildman–Crippen LogP) is 2.16. The summed E-state index contributed by atoms with van der Waals surface area (Å²) in [6.07, 6.45) is -3.32. The molecule has 1 saturated heterocycles. The molecule has 2 N–H and O–H groups in total. The maximum Gasteiger partial charge on any atom is 0.389 e. The highest BCUT2D eigenvalue weighted by atomic mass is 19.4. The molecule has 2 atom stereocenters. The van der Waals surface area contributed by atoms with Gasteiger partial charge in [0, 0.05) is 31.2 Å². The van der Waals surface area contributed by atoms with E-state index >= 15 is 0 Å². The van der Waals surface area contributed by atoms with Crippen LogP contribution in [0.5, 0.6) is 0 Å². The van der Waals surface area contributed by atoms with Crippen LogP contribution < -0.4 is 5.73 Å². The van der Waals surface area contributed by atoms with Gasteiger partial charge >= 0.3 is 6.18 Å². The number of hydrogen-bond donors (Lipinski definition) is 1. The highest BCUT2D eigenvalue weighted by Gasteiger charge is 2.35. The van der Waals surface area contributed by atoms with Crippen LogP contribution in [0.1, 0.15) is 32.6 Å². The topological polar surface area (TPSA) is 38.5 Å². The molecule has 0 aromatic rings. The van der Waals surface area contributed by atoms with E-state index in [-0.39, 0.29) is 18.0 Å². The van der Waals surface area contributed by atoms with E-state index in [0.717, 1.165) is 13.0 Å². The summed E-state index contributed by atoms with van der Waals surface area (Å²) in [5, 5.41) is 0. The minimum Gasteiger partial charge on any atom is -0.380 e. The predicted molar refractivity (Wildman–Crippen MR) is 64.4 cm³/mol. The van der Waals surface area contributed by atoms with Crippen molar-refractivity contribution in [3.8, 4) is 0 Å². The van der Waals surface area contributed by atoms with E-state index < -0.39 is 12.6 Å². The Hall–Kier alpha value is -0.330. The Balaban J connectivity index is 2.49. The first kappa shape index (κ1) is 15.7. The minimum absolute atomic E-state index is 0.120. The van der Waals surface area contributed by atoms with Crippen LogP contribution >= 0.6 is 0 Å². The van der Waals surface area contributed by atoms with Crippen LogP contribution in [-0.4, -0.2) is 49.5 Å². The van der Waals surface area contributed by atoms with Crippen molar-refractivity contribution in [2.45, 2.75) is 50.4 Å². The Morgan fingerprint density at radius 2 is 2.00 bits per heavy atom. The molecule has 0 spiro atoms. The molecule has 0 bridgehead atoms. The van der Waals surface area contributed by atoms with Gasteiger partial charge in [0.15, 0.2) is 0 Å². The number of ether oxygens (including phenoxy) is 1. The molecule has 1 aliphatic heterocycles. The van der Waals surface area contributed by atoms with Crippen LogP contribution in [0.25, 0.3) is 0 Å². The van der Waals surface area contributed by atoms with Crippen molar-refractivity contribution in [3.05, 3.63) is 0 Å². The monoisotopic (exact) mass is 268 g/mol. The molecular formula is C12H23F3N2O. The van der Waals surface area contributed by atoms with Crippen molar-refractivity contribution in [1.82, 2.24) is 4.90 Å². The lowest BCUT2D eigenvalue weighted by Gasteiger charge is -2.41. The van der Waals surface area contributed by atoms with Crippen LogP contribution in [0.3, 0.4) is 0 Å². The zero-order valence-electron chi connectivity index (χ0n) is 11.1. The number of nitrogens with two attached hydrogens (primary N) is 1. The van der Waals surface area contributed by atoms with Gasteiger partial charge in [-0.25, -0.2) is 0 Å². The van der Waals surface area contributed by atoms with Gasteiger partial charge in [0.05, 0.1) is 6.61 Å². The second kappa shape index (κ2) is 6.21. The van der Waals surface area contributed by atoms with E-state index in [4.69, 9.17) is 10.5 Å². The third kappa shape index (κ3) is 4.40. The lowest BCUT2D eigenvalue weighted by molar-refractivity contribution is -0.137. The Bertz CT molecular complexity index is 254. The number of rotatable bonds is 6. The molecule has 0 amide bonds. The average Bonchev–Trinajstić information content (AvgIpc) is 2.79. The molecule has 6 heteroatoms. The molecule has 1 heterocycles. The number of likely N-dealkylation sites (N-methyl/N-ethyl adjacent to an activating group) is 1. The molecule has 1 rings (SSSR count). The standard InChI is InChI=1S/C12H23F3N2O/c1-11(9-16,5-3-6-12(13,14)15)17(2)10-4-7-18-8-10/h10H,3-9,16H2,1-2H3. The highest BCUT2D eigenvalue weighted by Crippen LogP contribution is 2.29. The third-order valence-corrected chi connectivity index (χ3v) is 3.92. The first-order valence-electron chi connectivity index (χ1n) is 6.36.